The third kappa shape index (κ3) is 4.23. The van der Waals surface area contributed by atoms with E-state index in [1.165, 1.54) is 31.5 Å². The SMILES string of the molecule is C=I1(c2ccc(Cc3ccc(N4COc5ccccc5C4)cc3)cc2)COc2ccccc2C1. The van der Waals surface area contributed by atoms with Gasteiger partial charge in [-0.2, -0.15) is 0 Å². The molecule has 0 bridgehead atoms. The molecule has 0 amide bonds. The molecular weight excluding hydrogens is 533 g/mol. The van der Waals surface area contributed by atoms with Gasteiger partial charge in [0.1, 0.15) is 5.75 Å². The van der Waals surface area contributed by atoms with Crippen molar-refractivity contribution < 1.29 is 9.47 Å². The normalized spacial score (nSPS) is 20.8. The van der Waals surface area contributed by atoms with Gasteiger partial charge >= 0.3 is 176 Å². The zero-order valence-electron chi connectivity index (χ0n) is 19.1. The van der Waals surface area contributed by atoms with Gasteiger partial charge in [-0.05, 0) is 6.07 Å². The van der Waals surface area contributed by atoms with Crippen LogP contribution in [0.5, 0.6) is 11.5 Å². The molecule has 172 valence electrons. The molecule has 0 fully saturated rings. The summed E-state index contributed by atoms with van der Waals surface area (Å²) < 4.78 is 20.0. The van der Waals surface area contributed by atoms with Crippen LogP contribution >= 0.6 is 18.0 Å². The van der Waals surface area contributed by atoms with Gasteiger partial charge in [0.25, 0.3) is 0 Å². The van der Waals surface area contributed by atoms with E-state index in [0.717, 1.165) is 33.5 Å². The fraction of sp³-hybridized carbons (Fsp3) is 0.167. The molecule has 0 spiro atoms. The first-order chi connectivity index (χ1) is 16.7. The molecule has 0 aliphatic carbocycles. The van der Waals surface area contributed by atoms with Crippen molar-refractivity contribution in [3.63, 3.8) is 0 Å². The number of nitrogens with zero attached hydrogens (tertiary/aromatic N) is 1. The van der Waals surface area contributed by atoms with Gasteiger partial charge in [-0.25, -0.2) is 0 Å². The van der Waals surface area contributed by atoms with Gasteiger partial charge in [0.2, 0.25) is 0 Å². The number of hydrogen-bond donors (Lipinski definition) is 0. The molecule has 4 aromatic rings. The first-order valence-corrected chi connectivity index (χ1v) is 17.2. The molecule has 0 radical (unpaired) electrons. The van der Waals surface area contributed by atoms with E-state index in [1.807, 2.05) is 18.2 Å². The summed E-state index contributed by atoms with van der Waals surface area (Å²) in [5.74, 6) is 2.03. The van der Waals surface area contributed by atoms with Crippen LogP contribution in [-0.4, -0.2) is 15.9 Å². The summed E-state index contributed by atoms with van der Waals surface area (Å²) in [6.45, 7) is 1.47. The minimum absolute atomic E-state index is 0.587. The number of ether oxygens (including phenoxy) is 2. The maximum absolute atomic E-state index is 6.10. The van der Waals surface area contributed by atoms with Crippen LogP contribution in [0.1, 0.15) is 22.3 Å². The van der Waals surface area contributed by atoms with Gasteiger partial charge in [-0.1, -0.05) is 18.2 Å². The second-order valence-corrected chi connectivity index (χ2v) is 17.2. The average molecular weight is 561 g/mol. The second-order valence-electron chi connectivity index (χ2n) is 9.01. The fourth-order valence-corrected chi connectivity index (χ4v) is 10.7. The van der Waals surface area contributed by atoms with Crippen LogP contribution in [0.2, 0.25) is 0 Å². The topological polar surface area (TPSA) is 21.7 Å². The summed E-state index contributed by atoms with van der Waals surface area (Å²) in [5, 5.41) is 0. The van der Waals surface area contributed by atoms with Gasteiger partial charge in [0.05, 0.1) is 0 Å². The monoisotopic (exact) mass is 561 g/mol. The summed E-state index contributed by atoms with van der Waals surface area (Å²) >= 11 is -2.42. The van der Waals surface area contributed by atoms with Gasteiger partial charge in [0.15, 0.2) is 0 Å². The van der Waals surface area contributed by atoms with E-state index in [4.69, 9.17) is 14.0 Å². The van der Waals surface area contributed by atoms with Crippen molar-refractivity contribution in [1.82, 2.24) is 0 Å². The van der Waals surface area contributed by atoms with Crippen molar-refractivity contribution in [1.29, 1.82) is 0 Å². The number of fused-ring (bicyclic) bond motifs is 2. The first-order valence-electron chi connectivity index (χ1n) is 11.5. The molecule has 4 aromatic carbocycles. The van der Waals surface area contributed by atoms with Crippen molar-refractivity contribution in [3.05, 3.63) is 123 Å². The Kier molecular flexibility index (Phi) is 5.61. The van der Waals surface area contributed by atoms with Crippen LogP contribution in [0.3, 0.4) is 0 Å². The molecule has 3 nitrogen and oxygen atoms in total. The molecule has 6 rings (SSSR count). The van der Waals surface area contributed by atoms with Crippen LogP contribution in [0.25, 0.3) is 0 Å². The average Bonchev–Trinajstić information content (AvgIpc) is 2.89. The molecular formula is C30H28INO2. The molecule has 2 aliphatic rings. The predicted octanol–water partition coefficient (Wildman–Crippen LogP) is 6.83. The summed E-state index contributed by atoms with van der Waals surface area (Å²) in [6.07, 6.45) is 0.926. The third-order valence-corrected chi connectivity index (χ3v) is 13.7. The second kappa shape index (κ2) is 8.91. The van der Waals surface area contributed by atoms with E-state index in [2.05, 4.69) is 83.8 Å². The number of anilines is 1. The quantitative estimate of drug-likeness (QED) is 0.202. The van der Waals surface area contributed by atoms with E-state index in [0.29, 0.717) is 6.73 Å². The van der Waals surface area contributed by atoms with Gasteiger partial charge in [-0.15, -0.1) is 0 Å². The number of halogens is 1. The van der Waals surface area contributed by atoms with Crippen LogP contribution < -0.4 is 14.4 Å². The van der Waals surface area contributed by atoms with Gasteiger partial charge in [0, 0.05) is 0 Å². The van der Waals surface area contributed by atoms with Gasteiger partial charge < -0.3 is 0 Å². The van der Waals surface area contributed by atoms with E-state index in [1.54, 1.807) is 0 Å². The Morgan fingerprint density at radius 3 is 2.06 bits per heavy atom. The number of benzene rings is 4. The number of alkyl halides is 2. The molecule has 1 unspecified atom stereocenters. The molecule has 0 aromatic heterocycles. The van der Waals surface area contributed by atoms with E-state index in [9.17, 15) is 0 Å². The van der Waals surface area contributed by atoms with E-state index >= 15 is 0 Å². The van der Waals surface area contributed by atoms with Crippen LogP contribution in [0, 0.1) is 3.57 Å². The van der Waals surface area contributed by atoms with Crippen molar-refractivity contribution >= 4 is 28.2 Å². The van der Waals surface area contributed by atoms with Crippen molar-refractivity contribution in [3.8, 4) is 11.5 Å². The first kappa shape index (κ1) is 21.4. The molecule has 2 aliphatic heterocycles. The fourth-order valence-electron chi connectivity index (χ4n) is 4.64. The molecule has 34 heavy (non-hydrogen) atoms. The molecule has 0 saturated carbocycles. The number of hydrogen-bond acceptors (Lipinski definition) is 3. The Labute approximate surface area is 205 Å². The molecule has 1 atom stereocenters. The molecule has 4 heteroatoms. The minimum atomic E-state index is -2.42. The zero-order valence-corrected chi connectivity index (χ0v) is 21.3. The Balaban J connectivity index is 1.13. The van der Waals surface area contributed by atoms with E-state index < -0.39 is 18.0 Å². The number of rotatable bonds is 4. The third-order valence-electron chi connectivity index (χ3n) is 6.59. The standard InChI is InChI=1S/C30H28INO2/c1-31(19-25-6-2-4-8-29(25)33-21-31)27-14-10-23(11-15-27)18-24-12-16-28(17-13-24)32-20-26-7-3-5-9-30(26)34-22-32/h2-17H,1,18-22H2. The summed E-state index contributed by atoms with van der Waals surface area (Å²) in [4.78, 5) is 2.27. The Morgan fingerprint density at radius 1 is 0.706 bits per heavy atom. The Hall–Kier alpha value is -3.12. The molecule has 0 N–H and O–H groups in total. The molecule has 0 saturated heterocycles. The zero-order chi connectivity index (χ0) is 23.0. The van der Waals surface area contributed by atoms with Gasteiger partial charge in [-0.3, -0.25) is 0 Å². The summed E-state index contributed by atoms with van der Waals surface area (Å²) in [7, 11) is 0. The Bertz CT molecular complexity index is 1360. The predicted molar refractivity (Wildman–Crippen MR) is 149 cm³/mol. The van der Waals surface area contributed by atoms with E-state index in [-0.39, 0.29) is 0 Å². The Morgan fingerprint density at radius 2 is 1.32 bits per heavy atom. The van der Waals surface area contributed by atoms with Crippen LogP contribution in [0.4, 0.5) is 5.69 Å². The molecule has 2 heterocycles. The maximum atomic E-state index is 6.10. The van der Waals surface area contributed by atoms with Crippen molar-refractivity contribution in [2.45, 2.75) is 17.4 Å². The van der Waals surface area contributed by atoms with Crippen LogP contribution in [0.15, 0.2) is 97.1 Å². The summed E-state index contributed by atoms with van der Waals surface area (Å²) in [5.41, 5.74) is 6.38. The summed E-state index contributed by atoms with van der Waals surface area (Å²) in [6, 6.07) is 34.7. The van der Waals surface area contributed by atoms with Crippen LogP contribution in [-0.2, 0) is 17.4 Å². The van der Waals surface area contributed by atoms with Crippen molar-refractivity contribution in [2.75, 3.05) is 16.2 Å². The number of para-hydroxylation sites is 2. The van der Waals surface area contributed by atoms with Crippen molar-refractivity contribution in [2.24, 2.45) is 0 Å².